The fourth-order valence-electron chi connectivity index (χ4n) is 4.22. The highest BCUT2D eigenvalue weighted by atomic mass is 35.5. The van der Waals surface area contributed by atoms with Gasteiger partial charge in [0.1, 0.15) is 0 Å². The number of methoxy groups -OCH3 is 2. The van der Waals surface area contributed by atoms with Crippen LogP contribution in [0.5, 0.6) is 11.5 Å². The van der Waals surface area contributed by atoms with Gasteiger partial charge in [-0.3, -0.25) is 9.59 Å². The molecule has 3 N–H and O–H groups in total. The van der Waals surface area contributed by atoms with Gasteiger partial charge in [0.15, 0.2) is 11.5 Å². The summed E-state index contributed by atoms with van der Waals surface area (Å²) in [4.78, 5) is 26.9. The monoisotopic (exact) mass is 425 g/mol. The van der Waals surface area contributed by atoms with E-state index in [9.17, 15) is 9.59 Å². The molecular weight excluding hydrogens is 394 g/mol. The van der Waals surface area contributed by atoms with Crippen LogP contribution in [0.15, 0.2) is 18.2 Å². The highest BCUT2D eigenvalue weighted by Crippen LogP contribution is 2.29. The molecule has 8 heteroatoms. The lowest BCUT2D eigenvalue weighted by Gasteiger charge is -2.33. The maximum absolute atomic E-state index is 12.8. The van der Waals surface area contributed by atoms with E-state index in [1.807, 2.05) is 4.90 Å². The number of amides is 2. The van der Waals surface area contributed by atoms with Gasteiger partial charge in [-0.15, -0.1) is 12.4 Å². The lowest BCUT2D eigenvalue weighted by atomic mass is 9.98. The van der Waals surface area contributed by atoms with E-state index in [1.54, 1.807) is 32.4 Å². The zero-order valence-corrected chi connectivity index (χ0v) is 18.0. The van der Waals surface area contributed by atoms with E-state index >= 15 is 0 Å². The molecule has 0 spiro atoms. The minimum Gasteiger partial charge on any atom is -0.493 e. The van der Waals surface area contributed by atoms with Crippen molar-refractivity contribution >= 4 is 24.2 Å². The second-order valence-electron chi connectivity index (χ2n) is 7.76. The molecule has 1 aromatic carbocycles. The van der Waals surface area contributed by atoms with Crippen LogP contribution in [0.1, 0.15) is 48.9 Å². The molecule has 1 aliphatic carbocycles. The number of piperidine rings is 1. The molecule has 2 fully saturated rings. The first kappa shape index (κ1) is 23.3. The SMILES string of the molecule is COc1ccc(C(=O)N2CCC(NC(=O)C[C@@H]3CCC[C@H]3N)CC2)cc1OC.Cl. The average molecular weight is 426 g/mol. The molecule has 162 valence electrons. The van der Waals surface area contributed by atoms with E-state index in [2.05, 4.69) is 5.32 Å². The summed E-state index contributed by atoms with van der Waals surface area (Å²) < 4.78 is 10.5. The number of rotatable bonds is 6. The zero-order valence-electron chi connectivity index (χ0n) is 17.2. The number of likely N-dealkylation sites (tertiary alicyclic amines) is 1. The van der Waals surface area contributed by atoms with Crippen molar-refractivity contribution in [3.8, 4) is 11.5 Å². The molecule has 1 heterocycles. The van der Waals surface area contributed by atoms with Crippen LogP contribution >= 0.6 is 12.4 Å². The summed E-state index contributed by atoms with van der Waals surface area (Å²) >= 11 is 0. The first-order chi connectivity index (χ1) is 13.5. The highest BCUT2D eigenvalue weighted by molar-refractivity contribution is 5.95. The summed E-state index contributed by atoms with van der Waals surface area (Å²) in [5, 5.41) is 3.13. The molecule has 0 bridgehead atoms. The number of nitrogens with two attached hydrogens (primary N) is 1. The van der Waals surface area contributed by atoms with Gasteiger partial charge in [0.05, 0.1) is 14.2 Å². The van der Waals surface area contributed by atoms with E-state index in [0.717, 1.165) is 32.1 Å². The minimum atomic E-state index is -0.0253. The molecule has 29 heavy (non-hydrogen) atoms. The van der Waals surface area contributed by atoms with Crippen LogP contribution < -0.4 is 20.5 Å². The Morgan fingerprint density at radius 3 is 2.38 bits per heavy atom. The lowest BCUT2D eigenvalue weighted by Crippen LogP contribution is -2.47. The summed E-state index contributed by atoms with van der Waals surface area (Å²) in [6.45, 7) is 1.25. The third-order valence-electron chi connectivity index (χ3n) is 5.94. The Bertz CT molecular complexity index is 707. The first-order valence-electron chi connectivity index (χ1n) is 10.1. The zero-order chi connectivity index (χ0) is 20.1. The van der Waals surface area contributed by atoms with Crippen LogP contribution in [-0.4, -0.2) is 56.1 Å². The molecule has 7 nitrogen and oxygen atoms in total. The Labute approximate surface area is 178 Å². The number of halogens is 1. The number of nitrogens with one attached hydrogen (secondary N) is 1. The third kappa shape index (κ3) is 5.76. The lowest BCUT2D eigenvalue weighted by molar-refractivity contribution is -0.123. The van der Waals surface area contributed by atoms with Crippen molar-refractivity contribution in [3.05, 3.63) is 23.8 Å². The van der Waals surface area contributed by atoms with Crippen LogP contribution in [0.3, 0.4) is 0 Å². The van der Waals surface area contributed by atoms with Crippen molar-refractivity contribution < 1.29 is 19.1 Å². The van der Waals surface area contributed by atoms with Gasteiger partial charge in [0, 0.05) is 37.2 Å². The summed E-state index contributed by atoms with van der Waals surface area (Å²) in [5.41, 5.74) is 6.64. The van der Waals surface area contributed by atoms with Gasteiger partial charge in [0.25, 0.3) is 5.91 Å². The quantitative estimate of drug-likeness (QED) is 0.729. The molecule has 0 aromatic heterocycles. The molecular formula is C21H32ClN3O4. The number of hydrogen-bond donors (Lipinski definition) is 2. The van der Waals surface area contributed by atoms with Gasteiger partial charge in [-0.1, -0.05) is 6.42 Å². The molecule has 3 rings (SSSR count). The largest absolute Gasteiger partial charge is 0.493 e. The fraction of sp³-hybridized carbons (Fsp3) is 0.619. The maximum atomic E-state index is 12.8. The number of carbonyl (C=O) groups is 2. The molecule has 1 saturated heterocycles. The van der Waals surface area contributed by atoms with Crippen molar-refractivity contribution in [2.24, 2.45) is 11.7 Å². The summed E-state index contributed by atoms with van der Waals surface area (Å²) in [7, 11) is 3.12. The summed E-state index contributed by atoms with van der Waals surface area (Å²) in [6.07, 6.45) is 5.24. The highest BCUT2D eigenvalue weighted by Gasteiger charge is 2.29. The number of nitrogens with zero attached hydrogens (tertiary/aromatic N) is 1. The Balaban J connectivity index is 0.00000300. The molecule has 2 atom stereocenters. The Hall–Kier alpha value is -1.99. The number of benzene rings is 1. The molecule has 2 amide bonds. The third-order valence-corrected chi connectivity index (χ3v) is 5.94. The summed E-state index contributed by atoms with van der Waals surface area (Å²) in [5.74, 6) is 1.52. The molecule has 1 aliphatic heterocycles. The Morgan fingerprint density at radius 2 is 1.79 bits per heavy atom. The van der Waals surface area contributed by atoms with E-state index in [-0.39, 0.29) is 36.3 Å². The minimum absolute atomic E-state index is 0. The van der Waals surface area contributed by atoms with Crippen LogP contribution in [0.25, 0.3) is 0 Å². The van der Waals surface area contributed by atoms with Gasteiger partial charge >= 0.3 is 0 Å². The topological polar surface area (TPSA) is 93.9 Å². The van der Waals surface area contributed by atoms with Gasteiger partial charge in [0.2, 0.25) is 5.91 Å². The second-order valence-corrected chi connectivity index (χ2v) is 7.76. The van der Waals surface area contributed by atoms with E-state index in [4.69, 9.17) is 15.2 Å². The van der Waals surface area contributed by atoms with E-state index in [1.165, 1.54) is 0 Å². The van der Waals surface area contributed by atoms with E-state index < -0.39 is 0 Å². The van der Waals surface area contributed by atoms with Crippen LogP contribution in [-0.2, 0) is 4.79 Å². The smallest absolute Gasteiger partial charge is 0.253 e. The van der Waals surface area contributed by atoms with Gasteiger partial charge in [-0.05, 0) is 49.8 Å². The average Bonchev–Trinajstić information content (AvgIpc) is 3.11. The predicted octanol–water partition coefficient (Wildman–Crippen LogP) is 2.36. The fourth-order valence-corrected chi connectivity index (χ4v) is 4.22. The van der Waals surface area contributed by atoms with Gasteiger partial charge < -0.3 is 25.4 Å². The van der Waals surface area contributed by atoms with Crippen molar-refractivity contribution in [1.29, 1.82) is 0 Å². The molecule has 1 saturated carbocycles. The number of carbonyl (C=O) groups excluding carboxylic acids is 2. The van der Waals surface area contributed by atoms with Crippen molar-refractivity contribution in [2.75, 3.05) is 27.3 Å². The standard InChI is InChI=1S/C21H31N3O4.ClH/c1-27-18-7-6-15(12-19(18)28-2)21(26)24-10-8-16(9-11-24)23-20(25)13-14-4-3-5-17(14)22;/h6-7,12,14,16-17H,3-5,8-11,13,22H2,1-2H3,(H,23,25);1H/t14-,17+;/m0./s1. The van der Waals surface area contributed by atoms with Crippen LogP contribution in [0.4, 0.5) is 0 Å². The first-order valence-corrected chi connectivity index (χ1v) is 10.1. The normalized spacial score (nSPS) is 22.0. The van der Waals surface area contributed by atoms with Gasteiger partial charge in [-0.2, -0.15) is 0 Å². The van der Waals surface area contributed by atoms with E-state index in [0.29, 0.717) is 42.5 Å². The van der Waals surface area contributed by atoms with Gasteiger partial charge in [-0.25, -0.2) is 0 Å². The molecule has 2 aliphatic rings. The van der Waals surface area contributed by atoms with Crippen molar-refractivity contribution in [1.82, 2.24) is 10.2 Å². The Morgan fingerprint density at radius 1 is 1.10 bits per heavy atom. The molecule has 0 unspecified atom stereocenters. The second kappa shape index (κ2) is 10.7. The van der Waals surface area contributed by atoms with Crippen molar-refractivity contribution in [2.45, 2.75) is 50.6 Å². The van der Waals surface area contributed by atoms with Crippen LogP contribution in [0.2, 0.25) is 0 Å². The van der Waals surface area contributed by atoms with Crippen molar-refractivity contribution in [3.63, 3.8) is 0 Å². The maximum Gasteiger partial charge on any atom is 0.253 e. The predicted molar refractivity (Wildman–Crippen MR) is 114 cm³/mol. The number of ether oxygens (including phenoxy) is 2. The van der Waals surface area contributed by atoms with Crippen LogP contribution in [0, 0.1) is 5.92 Å². The summed E-state index contributed by atoms with van der Waals surface area (Å²) in [6, 6.07) is 5.49. The number of hydrogen-bond acceptors (Lipinski definition) is 5. The molecule has 0 radical (unpaired) electrons. The molecule has 1 aromatic rings. The Kier molecular flexibility index (Phi) is 8.59.